The molecule has 0 aromatic rings. The first-order valence-electron chi connectivity index (χ1n) is 42.2. The number of rotatable bonds is 79. The minimum absolute atomic E-state index is 0.104. The average Bonchev–Trinajstić information content (AvgIpc) is 0.987. The van der Waals surface area contributed by atoms with Gasteiger partial charge in [0, 0.05) is 25.7 Å². The van der Waals surface area contributed by atoms with Crippen molar-refractivity contribution < 1.29 is 80.2 Å². The molecule has 0 bridgehead atoms. The average molecular weight is 1480 g/mol. The fourth-order valence-corrected chi connectivity index (χ4v) is 14.2. The summed E-state index contributed by atoms with van der Waals surface area (Å²) in [4.78, 5) is 73.0. The number of hydrogen-bond acceptors (Lipinski definition) is 15. The Kier molecular flexibility index (Phi) is 69.6. The molecule has 0 spiro atoms. The highest BCUT2D eigenvalue weighted by molar-refractivity contribution is 7.47. The third kappa shape index (κ3) is 74.7. The van der Waals surface area contributed by atoms with Gasteiger partial charge in [-0.1, -0.05) is 370 Å². The van der Waals surface area contributed by atoms with Crippen LogP contribution in [0.2, 0.25) is 0 Å². The van der Waals surface area contributed by atoms with Crippen LogP contribution in [0.1, 0.15) is 421 Å². The minimum atomic E-state index is -4.96. The van der Waals surface area contributed by atoms with E-state index < -0.39 is 97.5 Å². The number of unbranched alkanes of at least 4 members (excludes halogenated alkanes) is 44. The first-order valence-corrected chi connectivity index (χ1v) is 45.2. The predicted molar refractivity (Wildman–Crippen MR) is 414 cm³/mol. The molecule has 0 heterocycles. The van der Waals surface area contributed by atoms with E-state index in [1.165, 1.54) is 225 Å². The van der Waals surface area contributed by atoms with Crippen molar-refractivity contribution in [1.29, 1.82) is 0 Å². The summed E-state index contributed by atoms with van der Waals surface area (Å²) in [6, 6.07) is 0. The van der Waals surface area contributed by atoms with Gasteiger partial charge in [0.25, 0.3) is 0 Å². The van der Waals surface area contributed by atoms with Crippen molar-refractivity contribution in [3.05, 3.63) is 0 Å². The summed E-state index contributed by atoms with van der Waals surface area (Å²) < 4.78 is 68.7. The molecule has 17 nitrogen and oxygen atoms in total. The van der Waals surface area contributed by atoms with E-state index in [0.29, 0.717) is 25.7 Å². The van der Waals surface area contributed by atoms with Gasteiger partial charge >= 0.3 is 39.5 Å². The highest BCUT2D eigenvalue weighted by atomic mass is 31.2. The van der Waals surface area contributed by atoms with E-state index in [1.54, 1.807) is 0 Å². The van der Waals surface area contributed by atoms with Crippen molar-refractivity contribution in [1.82, 2.24) is 0 Å². The lowest BCUT2D eigenvalue weighted by molar-refractivity contribution is -0.161. The molecule has 4 unspecified atom stereocenters. The van der Waals surface area contributed by atoms with E-state index in [4.69, 9.17) is 37.0 Å². The number of ether oxygens (including phenoxy) is 4. The van der Waals surface area contributed by atoms with E-state index in [2.05, 4.69) is 55.4 Å². The van der Waals surface area contributed by atoms with Crippen molar-refractivity contribution in [3.8, 4) is 0 Å². The van der Waals surface area contributed by atoms with Gasteiger partial charge in [-0.15, -0.1) is 0 Å². The van der Waals surface area contributed by atoms with Gasteiger partial charge in [0.2, 0.25) is 0 Å². The van der Waals surface area contributed by atoms with Gasteiger partial charge in [0.05, 0.1) is 26.4 Å². The number of carbonyl (C=O) groups excluding carboxylic acids is 4. The Labute approximate surface area is 619 Å². The largest absolute Gasteiger partial charge is 0.472 e. The highest BCUT2D eigenvalue weighted by Gasteiger charge is 2.30. The normalized spacial score (nSPS) is 14.3. The molecule has 0 amide bonds. The molecule has 0 rings (SSSR count). The topological polar surface area (TPSA) is 237 Å². The molecular weight excluding hydrogens is 1320 g/mol. The van der Waals surface area contributed by atoms with Crippen LogP contribution in [-0.2, 0) is 65.4 Å². The van der Waals surface area contributed by atoms with Crippen LogP contribution in [0.3, 0.4) is 0 Å². The SMILES string of the molecule is CCC(C)CCCCCCCCCCCCCCCCC(=O)OC[C@H](COP(=O)(O)OCC(O)COP(=O)(O)OC[C@@H](COC(=O)CCCCCCCCCCC(C)C)OC(=O)CCCCCCCCCCC(C)C)OC(=O)CCCCCCCCCCCCCCCCCCCCC(C)C. The summed E-state index contributed by atoms with van der Waals surface area (Å²) in [6.45, 7) is 14.3. The van der Waals surface area contributed by atoms with Crippen molar-refractivity contribution >= 4 is 39.5 Å². The fraction of sp³-hybridized carbons (Fsp3) is 0.951. The standard InChI is InChI=1S/C82H160O17P2/c1-9-75(8)61-53-45-37-27-23-19-16-17-20-24-28-38-46-54-62-79(84)92-68-77(98-81(86)64-56-48-40-29-25-21-15-13-11-10-12-14-18-22-26-34-42-50-58-72(2)3)70-96-100(88,89)94-66-76(83)67-95-101(90,91)97-71-78(99-82(87)65-57-49-41-33-31-36-44-52-60-74(6)7)69-93-80(85)63-55-47-39-32-30-35-43-51-59-73(4)5/h72-78,83H,9-71H2,1-8H3,(H,88,89)(H,90,91)/t75?,76?,77-,78-/m1/s1. The van der Waals surface area contributed by atoms with Gasteiger partial charge < -0.3 is 33.8 Å². The third-order valence-corrected chi connectivity index (χ3v) is 21.3. The second-order valence-electron chi connectivity index (χ2n) is 31.2. The van der Waals surface area contributed by atoms with E-state index in [0.717, 1.165) is 114 Å². The van der Waals surface area contributed by atoms with Gasteiger partial charge in [-0.2, -0.15) is 0 Å². The third-order valence-electron chi connectivity index (χ3n) is 19.4. The van der Waals surface area contributed by atoms with Crippen LogP contribution in [0.25, 0.3) is 0 Å². The fourth-order valence-electron chi connectivity index (χ4n) is 12.6. The molecule has 19 heteroatoms. The molecule has 0 aliphatic rings. The van der Waals surface area contributed by atoms with Crippen LogP contribution in [0.15, 0.2) is 0 Å². The summed E-state index contributed by atoms with van der Waals surface area (Å²) in [7, 11) is -9.92. The quantitative estimate of drug-likeness (QED) is 0.0222. The summed E-state index contributed by atoms with van der Waals surface area (Å²) in [5.41, 5.74) is 0. The Morgan fingerprint density at radius 3 is 0.703 bits per heavy atom. The number of phosphoric acid groups is 2. The van der Waals surface area contributed by atoms with Crippen molar-refractivity contribution in [2.24, 2.45) is 23.7 Å². The predicted octanol–water partition coefficient (Wildman–Crippen LogP) is 24.4. The van der Waals surface area contributed by atoms with Gasteiger partial charge in [0.1, 0.15) is 19.3 Å². The Balaban J connectivity index is 5.22. The number of phosphoric ester groups is 2. The van der Waals surface area contributed by atoms with Gasteiger partial charge in [-0.3, -0.25) is 37.3 Å². The Hall–Kier alpha value is -1.94. The number of esters is 4. The summed E-state index contributed by atoms with van der Waals surface area (Å²) in [5, 5.41) is 10.6. The Bertz CT molecular complexity index is 1970. The Morgan fingerprint density at radius 2 is 0.475 bits per heavy atom. The first kappa shape index (κ1) is 99.1. The maximum Gasteiger partial charge on any atom is 0.472 e. The second-order valence-corrected chi connectivity index (χ2v) is 34.1. The molecule has 0 aliphatic heterocycles. The van der Waals surface area contributed by atoms with Crippen LogP contribution >= 0.6 is 15.6 Å². The Morgan fingerprint density at radius 1 is 0.277 bits per heavy atom. The molecular formula is C82H160O17P2. The summed E-state index contributed by atoms with van der Waals surface area (Å²) in [5.74, 6) is 0.999. The summed E-state index contributed by atoms with van der Waals surface area (Å²) >= 11 is 0. The lowest BCUT2D eigenvalue weighted by Crippen LogP contribution is -2.30. The van der Waals surface area contributed by atoms with E-state index in [9.17, 15) is 43.2 Å². The van der Waals surface area contributed by atoms with Crippen molar-refractivity contribution in [2.45, 2.75) is 440 Å². The molecule has 0 fully saturated rings. The van der Waals surface area contributed by atoms with Crippen molar-refractivity contribution in [3.63, 3.8) is 0 Å². The smallest absolute Gasteiger partial charge is 0.462 e. The highest BCUT2D eigenvalue weighted by Crippen LogP contribution is 2.45. The molecule has 3 N–H and O–H groups in total. The van der Waals surface area contributed by atoms with Crippen LogP contribution in [0.4, 0.5) is 0 Å². The zero-order valence-electron chi connectivity index (χ0n) is 66.5. The van der Waals surface area contributed by atoms with Gasteiger partial charge in [-0.05, 0) is 49.4 Å². The second kappa shape index (κ2) is 71.0. The molecule has 0 saturated carbocycles. The van der Waals surface area contributed by atoms with Gasteiger partial charge in [-0.25, -0.2) is 9.13 Å². The molecule has 0 aromatic carbocycles. The molecule has 6 atom stereocenters. The molecule has 101 heavy (non-hydrogen) atoms. The first-order chi connectivity index (χ1) is 48.6. The van der Waals surface area contributed by atoms with Crippen molar-refractivity contribution in [2.75, 3.05) is 39.6 Å². The molecule has 0 aromatic heterocycles. The van der Waals surface area contributed by atoms with Crippen LogP contribution in [0, 0.1) is 23.7 Å². The molecule has 600 valence electrons. The van der Waals surface area contributed by atoms with Gasteiger partial charge in [0.15, 0.2) is 12.2 Å². The van der Waals surface area contributed by atoms with E-state index >= 15 is 0 Å². The monoisotopic (exact) mass is 1480 g/mol. The lowest BCUT2D eigenvalue weighted by Gasteiger charge is -2.21. The van der Waals surface area contributed by atoms with Crippen LogP contribution < -0.4 is 0 Å². The maximum atomic E-state index is 13.1. The summed E-state index contributed by atoms with van der Waals surface area (Å²) in [6.07, 6.45) is 58.4. The minimum Gasteiger partial charge on any atom is -0.462 e. The number of aliphatic hydroxyl groups is 1. The molecule has 0 aliphatic carbocycles. The molecule has 0 saturated heterocycles. The zero-order chi connectivity index (χ0) is 74.6. The molecule has 0 radical (unpaired) electrons. The zero-order valence-corrected chi connectivity index (χ0v) is 68.3. The van der Waals surface area contributed by atoms with E-state index in [1.807, 2.05) is 0 Å². The van der Waals surface area contributed by atoms with Crippen LogP contribution in [0.5, 0.6) is 0 Å². The number of hydrogen-bond donors (Lipinski definition) is 3. The lowest BCUT2D eigenvalue weighted by atomic mass is 9.99. The number of carbonyl (C=O) groups is 4. The van der Waals surface area contributed by atoms with E-state index in [-0.39, 0.29) is 25.7 Å². The van der Waals surface area contributed by atoms with Crippen LogP contribution in [-0.4, -0.2) is 96.7 Å². The maximum absolute atomic E-state index is 13.1. The number of aliphatic hydroxyl groups excluding tert-OH is 1.